The van der Waals surface area contributed by atoms with Crippen molar-refractivity contribution in [2.45, 2.75) is 38.1 Å². The van der Waals surface area contributed by atoms with Gasteiger partial charge in [-0.3, -0.25) is 9.10 Å². The number of nitrogens with zero attached hydrogens (tertiary/aromatic N) is 1. The molecule has 0 fully saturated rings. The predicted molar refractivity (Wildman–Crippen MR) is 125 cm³/mol. The summed E-state index contributed by atoms with van der Waals surface area (Å²) in [6.45, 7) is 5.91. The van der Waals surface area contributed by atoms with Crippen LogP contribution in [0.3, 0.4) is 0 Å². The van der Waals surface area contributed by atoms with Crippen molar-refractivity contribution >= 4 is 21.6 Å². The summed E-state index contributed by atoms with van der Waals surface area (Å²) in [6, 6.07) is 21.3. The maximum atomic E-state index is 13.1. The summed E-state index contributed by atoms with van der Waals surface area (Å²) in [6.07, 6.45) is 0.955. The molecule has 0 aliphatic rings. The van der Waals surface area contributed by atoms with Crippen molar-refractivity contribution in [3.63, 3.8) is 0 Å². The summed E-state index contributed by atoms with van der Waals surface area (Å²) in [5.74, 6) is -0.325. The van der Waals surface area contributed by atoms with E-state index in [-0.39, 0.29) is 16.8 Å². The van der Waals surface area contributed by atoms with Gasteiger partial charge in [-0.2, -0.15) is 0 Å². The Bertz CT molecular complexity index is 1150. The first-order chi connectivity index (χ1) is 14.7. The summed E-state index contributed by atoms with van der Waals surface area (Å²) >= 11 is 0. The van der Waals surface area contributed by atoms with Gasteiger partial charge in [0.15, 0.2) is 0 Å². The van der Waals surface area contributed by atoms with Gasteiger partial charge < -0.3 is 5.32 Å². The Hall–Kier alpha value is -3.12. The largest absolute Gasteiger partial charge is 0.345 e. The van der Waals surface area contributed by atoms with E-state index in [1.54, 1.807) is 48.5 Å². The van der Waals surface area contributed by atoms with Crippen molar-refractivity contribution < 1.29 is 13.2 Å². The van der Waals surface area contributed by atoms with Gasteiger partial charge in [-0.25, -0.2) is 8.42 Å². The molecule has 3 aromatic rings. The molecule has 0 aliphatic heterocycles. The number of nitrogens with one attached hydrogen (secondary N) is 1. The van der Waals surface area contributed by atoms with Crippen LogP contribution in [0.15, 0.2) is 77.7 Å². The first-order valence-electron chi connectivity index (χ1n) is 10.3. The second kappa shape index (κ2) is 9.35. The molecule has 3 aromatic carbocycles. The Kier molecular flexibility index (Phi) is 6.81. The summed E-state index contributed by atoms with van der Waals surface area (Å²) in [7, 11) is -2.33. The summed E-state index contributed by atoms with van der Waals surface area (Å²) in [4.78, 5) is 13.2. The SMILES string of the molecule is CCc1ccc([C@@H](C)NC(=O)c2ccccc2N(C)S(=O)(=O)c2ccc(C)cc2)cc1. The Morgan fingerprint density at radius 1 is 0.968 bits per heavy atom. The molecule has 5 nitrogen and oxygen atoms in total. The number of benzene rings is 3. The molecule has 0 bridgehead atoms. The van der Waals surface area contributed by atoms with E-state index in [1.165, 1.54) is 12.6 Å². The minimum absolute atomic E-state index is 0.181. The first-order valence-corrected chi connectivity index (χ1v) is 11.7. The molecule has 0 unspecified atom stereocenters. The van der Waals surface area contributed by atoms with Gasteiger partial charge in [0.25, 0.3) is 15.9 Å². The van der Waals surface area contributed by atoms with Crippen LogP contribution in [0, 0.1) is 6.92 Å². The van der Waals surface area contributed by atoms with Crippen LogP contribution >= 0.6 is 0 Å². The molecule has 3 rings (SSSR count). The molecule has 6 heteroatoms. The van der Waals surface area contributed by atoms with E-state index in [0.717, 1.165) is 21.9 Å². The van der Waals surface area contributed by atoms with Crippen LogP contribution < -0.4 is 9.62 Å². The maximum Gasteiger partial charge on any atom is 0.264 e. The van der Waals surface area contributed by atoms with E-state index in [1.807, 2.05) is 38.1 Å². The van der Waals surface area contributed by atoms with E-state index >= 15 is 0 Å². The Balaban J connectivity index is 1.86. The van der Waals surface area contributed by atoms with Gasteiger partial charge in [0.2, 0.25) is 0 Å². The number of para-hydroxylation sites is 1. The molecule has 0 aromatic heterocycles. The monoisotopic (exact) mass is 436 g/mol. The average Bonchev–Trinajstić information content (AvgIpc) is 2.78. The number of aryl methyl sites for hydroxylation is 2. The number of hydrogen-bond acceptors (Lipinski definition) is 3. The molecular formula is C25H28N2O3S. The second-order valence-electron chi connectivity index (χ2n) is 7.59. The second-order valence-corrected chi connectivity index (χ2v) is 9.56. The molecule has 31 heavy (non-hydrogen) atoms. The molecule has 1 N–H and O–H groups in total. The Morgan fingerprint density at radius 2 is 1.58 bits per heavy atom. The highest BCUT2D eigenvalue weighted by Gasteiger charge is 2.25. The zero-order valence-electron chi connectivity index (χ0n) is 18.3. The maximum absolute atomic E-state index is 13.1. The Labute approximate surface area is 184 Å². The van der Waals surface area contributed by atoms with Crippen molar-refractivity contribution in [3.8, 4) is 0 Å². The molecular weight excluding hydrogens is 408 g/mol. The van der Waals surface area contributed by atoms with Gasteiger partial charge in [0, 0.05) is 7.05 Å². The van der Waals surface area contributed by atoms with Crippen LogP contribution in [-0.2, 0) is 16.4 Å². The van der Waals surface area contributed by atoms with E-state index in [2.05, 4.69) is 12.2 Å². The third-order valence-electron chi connectivity index (χ3n) is 5.40. The van der Waals surface area contributed by atoms with Gasteiger partial charge in [0.1, 0.15) is 0 Å². The lowest BCUT2D eigenvalue weighted by molar-refractivity contribution is 0.0940. The molecule has 0 aliphatic carbocycles. The quantitative estimate of drug-likeness (QED) is 0.574. The van der Waals surface area contributed by atoms with Crippen LogP contribution in [-0.4, -0.2) is 21.4 Å². The number of sulfonamides is 1. The van der Waals surface area contributed by atoms with Crippen molar-refractivity contribution in [1.29, 1.82) is 0 Å². The minimum atomic E-state index is -3.80. The highest BCUT2D eigenvalue weighted by Crippen LogP contribution is 2.26. The third-order valence-corrected chi connectivity index (χ3v) is 7.19. The number of carbonyl (C=O) groups is 1. The van der Waals surface area contributed by atoms with Crippen LogP contribution in [0.2, 0.25) is 0 Å². The lowest BCUT2D eigenvalue weighted by Gasteiger charge is -2.23. The van der Waals surface area contributed by atoms with Gasteiger partial charge in [0.05, 0.1) is 22.2 Å². The van der Waals surface area contributed by atoms with Crippen molar-refractivity contribution in [3.05, 3.63) is 95.1 Å². The molecule has 0 heterocycles. The van der Waals surface area contributed by atoms with E-state index in [4.69, 9.17) is 0 Å². The molecule has 1 atom stereocenters. The normalized spacial score (nSPS) is 12.3. The van der Waals surface area contributed by atoms with Gasteiger partial charge in [-0.15, -0.1) is 0 Å². The fraction of sp³-hybridized carbons (Fsp3) is 0.240. The van der Waals surface area contributed by atoms with E-state index < -0.39 is 10.0 Å². The van der Waals surface area contributed by atoms with Crippen molar-refractivity contribution in [2.24, 2.45) is 0 Å². The lowest BCUT2D eigenvalue weighted by atomic mass is 10.0. The highest BCUT2D eigenvalue weighted by atomic mass is 32.2. The van der Waals surface area contributed by atoms with Gasteiger partial charge in [-0.1, -0.05) is 61.0 Å². The number of anilines is 1. The molecule has 0 spiro atoms. The zero-order valence-corrected chi connectivity index (χ0v) is 19.1. The van der Waals surface area contributed by atoms with Crippen molar-refractivity contribution in [2.75, 3.05) is 11.4 Å². The zero-order chi connectivity index (χ0) is 22.6. The van der Waals surface area contributed by atoms with Crippen LogP contribution in [0.5, 0.6) is 0 Å². The van der Waals surface area contributed by atoms with E-state index in [9.17, 15) is 13.2 Å². The van der Waals surface area contributed by atoms with Gasteiger partial charge >= 0.3 is 0 Å². The highest BCUT2D eigenvalue weighted by molar-refractivity contribution is 7.92. The Morgan fingerprint density at radius 3 is 2.19 bits per heavy atom. The summed E-state index contributed by atoms with van der Waals surface area (Å²) in [5, 5.41) is 2.98. The summed E-state index contributed by atoms with van der Waals surface area (Å²) < 4.78 is 27.4. The number of amides is 1. The minimum Gasteiger partial charge on any atom is -0.345 e. The molecule has 1 amide bonds. The smallest absolute Gasteiger partial charge is 0.264 e. The fourth-order valence-electron chi connectivity index (χ4n) is 3.34. The average molecular weight is 437 g/mol. The van der Waals surface area contributed by atoms with E-state index in [0.29, 0.717) is 11.3 Å². The predicted octanol–water partition coefficient (Wildman–Crippen LogP) is 4.87. The van der Waals surface area contributed by atoms with Crippen LogP contribution in [0.4, 0.5) is 5.69 Å². The van der Waals surface area contributed by atoms with Gasteiger partial charge in [-0.05, 0) is 55.7 Å². The first kappa shape index (κ1) is 22.6. The topological polar surface area (TPSA) is 66.5 Å². The lowest BCUT2D eigenvalue weighted by Crippen LogP contribution is -2.31. The van der Waals surface area contributed by atoms with Crippen LogP contribution in [0.25, 0.3) is 0 Å². The summed E-state index contributed by atoms with van der Waals surface area (Å²) in [5.41, 5.74) is 3.83. The van der Waals surface area contributed by atoms with Crippen molar-refractivity contribution in [1.82, 2.24) is 5.32 Å². The standard InChI is InChI=1S/C25H28N2O3S/c1-5-20-12-14-21(15-13-20)19(3)26-25(28)23-8-6-7-9-24(23)27(4)31(29,30)22-16-10-18(2)11-17-22/h6-17,19H,5H2,1-4H3,(H,26,28)/t19-/m1/s1. The molecule has 0 saturated carbocycles. The number of rotatable bonds is 7. The number of carbonyl (C=O) groups excluding carboxylic acids is 1. The fourth-order valence-corrected chi connectivity index (χ4v) is 4.55. The third kappa shape index (κ3) is 4.97. The van der Waals surface area contributed by atoms with Crippen LogP contribution in [0.1, 0.15) is 46.9 Å². The molecule has 0 saturated heterocycles. The molecule has 162 valence electrons. The number of hydrogen-bond donors (Lipinski definition) is 1. The molecule has 0 radical (unpaired) electrons.